The summed E-state index contributed by atoms with van der Waals surface area (Å²) in [6.07, 6.45) is 5.50. The van der Waals surface area contributed by atoms with Crippen molar-refractivity contribution in [1.82, 2.24) is 20.8 Å². The Labute approximate surface area is 239 Å². The molecular formula is C26H29FIN7O5. The fourth-order valence-corrected chi connectivity index (χ4v) is 7.07. The van der Waals surface area contributed by atoms with E-state index in [1.54, 1.807) is 11.0 Å². The van der Waals surface area contributed by atoms with Crippen molar-refractivity contribution in [3.05, 3.63) is 47.1 Å². The van der Waals surface area contributed by atoms with Gasteiger partial charge in [-0.05, 0) is 38.3 Å². The zero-order valence-electron chi connectivity index (χ0n) is 21.8. The number of nitrogens with two attached hydrogens (primary N) is 1. The van der Waals surface area contributed by atoms with Crippen molar-refractivity contribution in [2.45, 2.75) is 26.2 Å². The molecule has 40 heavy (non-hydrogen) atoms. The summed E-state index contributed by atoms with van der Waals surface area (Å²) in [6, 6.07) is 2.91. The van der Waals surface area contributed by atoms with Gasteiger partial charge in [0.05, 0.1) is 17.5 Å². The maximum atomic E-state index is 14.2. The van der Waals surface area contributed by atoms with E-state index in [9.17, 15) is 14.0 Å². The van der Waals surface area contributed by atoms with Gasteiger partial charge in [0.2, 0.25) is 0 Å². The van der Waals surface area contributed by atoms with E-state index in [0.29, 0.717) is 35.7 Å². The van der Waals surface area contributed by atoms with Crippen LogP contribution in [0, 0.1) is 11.2 Å². The first-order chi connectivity index (χ1) is 19.4. The second-order valence-corrected chi connectivity index (χ2v) is 13.0. The van der Waals surface area contributed by atoms with Crippen molar-refractivity contribution in [2.24, 2.45) is 14.5 Å². The van der Waals surface area contributed by atoms with E-state index in [0.717, 1.165) is 60.2 Å². The summed E-state index contributed by atoms with van der Waals surface area (Å²) >= 11 is -0.514. The number of amides is 2. The lowest BCUT2D eigenvalue weighted by atomic mass is 9.73. The van der Waals surface area contributed by atoms with Crippen LogP contribution in [0.4, 0.5) is 10.1 Å². The third-order valence-corrected chi connectivity index (χ3v) is 9.35. The number of hydrazine groups is 1. The number of furan rings is 1. The maximum absolute atomic E-state index is 14.2. The number of nitrogen functional groups attached to an aromatic ring is 1. The average molecular weight is 665 g/mol. The number of amidine groups is 1. The number of aromatic nitrogens is 1. The maximum Gasteiger partial charge on any atom is 0.300 e. The van der Waals surface area contributed by atoms with Gasteiger partial charge in [0.1, 0.15) is 24.1 Å². The summed E-state index contributed by atoms with van der Waals surface area (Å²) in [5.74, 6) is 4.87. The Bertz CT molecular complexity index is 1440. The van der Waals surface area contributed by atoms with Gasteiger partial charge in [-0.25, -0.2) is 23.9 Å². The number of carbonyl (C=O) groups is 2. The summed E-state index contributed by atoms with van der Waals surface area (Å²) < 4.78 is 31.4. The van der Waals surface area contributed by atoms with Crippen LogP contribution in [-0.2, 0) is 20.8 Å². The molecule has 4 aliphatic heterocycles. The number of halogens is 2. The topological polar surface area (TPSA) is 148 Å². The number of hydrogen-bond acceptors (Lipinski definition) is 10. The van der Waals surface area contributed by atoms with E-state index in [1.165, 1.54) is 6.07 Å². The van der Waals surface area contributed by atoms with Crippen LogP contribution < -0.4 is 21.6 Å². The zero-order valence-corrected chi connectivity index (χ0v) is 24.0. The Morgan fingerprint density at radius 3 is 2.83 bits per heavy atom. The van der Waals surface area contributed by atoms with Gasteiger partial charge < -0.3 is 19.0 Å². The molecule has 2 saturated heterocycles. The summed E-state index contributed by atoms with van der Waals surface area (Å²) in [5, 5.41) is 0. The molecular weight excluding hydrogens is 636 g/mol. The standard InChI is InChI=1S/C26H29FIN7O5/c1-15-8-18(23(31-28-15)35-12-26(13-35)3-6-38-7-4-26)24(36)33-39-14-34-5-2-16-9-20(25(37)32-29)40-22(16)21-19(34)10-17(27)11-30-21/h8-11H,2-7,12-14,29H2,1H3,(H,32,37)(H,33,36). The first kappa shape index (κ1) is 27.0. The van der Waals surface area contributed by atoms with Crippen molar-refractivity contribution < 1.29 is 28.0 Å². The molecule has 0 bridgehead atoms. The first-order valence-electron chi connectivity index (χ1n) is 12.9. The highest BCUT2D eigenvalue weighted by Crippen LogP contribution is 2.41. The van der Waals surface area contributed by atoms with Crippen LogP contribution in [0.15, 0.2) is 37.6 Å². The quantitative estimate of drug-likeness (QED) is 0.189. The van der Waals surface area contributed by atoms with Gasteiger partial charge in [-0.15, -0.1) is 0 Å². The number of pyridine rings is 1. The zero-order chi connectivity index (χ0) is 27.9. The number of hydrogen-bond donors (Lipinski definition) is 3. The number of nitrogens with zero attached hydrogens (tertiary/aromatic N) is 4. The predicted octanol–water partition coefficient (Wildman–Crippen LogP) is 1.98. The Hall–Kier alpha value is -3.21. The molecule has 0 unspecified atom stereocenters. The summed E-state index contributed by atoms with van der Waals surface area (Å²) in [5.41, 5.74) is 6.83. The van der Waals surface area contributed by atoms with Crippen molar-refractivity contribution in [3.63, 3.8) is 0 Å². The Balaban J connectivity index is 1.13. The molecule has 6 rings (SSSR count). The molecule has 212 valence electrons. The van der Waals surface area contributed by atoms with E-state index < -0.39 is 32.7 Å². The summed E-state index contributed by atoms with van der Waals surface area (Å²) in [7, 11) is 0. The Kier molecular flexibility index (Phi) is 7.41. The second-order valence-electron chi connectivity index (χ2n) is 10.3. The lowest BCUT2D eigenvalue weighted by Crippen LogP contribution is -2.61. The van der Waals surface area contributed by atoms with E-state index in [-0.39, 0.29) is 23.8 Å². The number of nitrogens with one attached hydrogen (secondary N) is 2. The second kappa shape index (κ2) is 11.0. The SMILES string of the molecule is CC1=IN=C(N2CC3(CCOCC3)C2)C(C(=O)NOCN2CCc3cc(C(=O)NN)oc3-c3ncc(F)cc32)=C1. The number of hydroxylamine groups is 1. The van der Waals surface area contributed by atoms with E-state index in [1.807, 2.05) is 18.4 Å². The van der Waals surface area contributed by atoms with Gasteiger partial charge >= 0.3 is 5.91 Å². The molecule has 14 heteroatoms. The summed E-state index contributed by atoms with van der Waals surface area (Å²) in [4.78, 5) is 39.0. The van der Waals surface area contributed by atoms with Gasteiger partial charge in [-0.1, -0.05) is 0 Å². The Morgan fingerprint density at radius 1 is 1.25 bits per heavy atom. The van der Waals surface area contributed by atoms with Crippen LogP contribution in [-0.4, -0.2) is 70.6 Å². The number of ether oxygens (including phenoxy) is 1. The van der Waals surface area contributed by atoms with Crippen molar-refractivity contribution in [1.29, 1.82) is 0 Å². The average Bonchev–Trinajstić information content (AvgIpc) is 3.31. The highest BCUT2D eigenvalue weighted by Gasteiger charge is 2.46. The van der Waals surface area contributed by atoms with Crippen LogP contribution >= 0.6 is 21.0 Å². The molecule has 4 aliphatic rings. The van der Waals surface area contributed by atoms with E-state index in [4.69, 9.17) is 23.0 Å². The molecule has 12 nitrogen and oxygen atoms in total. The van der Waals surface area contributed by atoms with Gasteiger partial charge in [-0.3, -0.25) is 19.9 Å². The Morgan fingerprint density at radius 2 is 2.05 bits per heavy atom. The third kappa shape index (κ3) is 5.15. The molecule has 1 spiro atoms. The number of anilines is 1. The number of likely N-dealkylation sites (tertiary alicyclic amines) is 1. The van der Waals surface area contributed by atoms with Crippen molar-refractivity contribution in [2.75, 3.05) is 44.5 Å². The minimum Gasteiger partial charge on any atom is -0.449 e. The molecule has 0 aromatic carbocycles. The van der Waals surface area contributed by atoms with Gasteiger partial charge in [0.25, 0.3) is 5.91 Å². The third-order valence-electron chi connectivity index (χ3n) is 7.58. The number of allylic oxidation sites excluding steroid dienone is 1. The molecule has 2 aromatic heterocycles. The minimum atomic E-state index is -0.574. The molecule has 0 atom stereocenters. The highest BCUT2D eigenvalue weighted by molar-refractivity contribution is 14.2. The monoisotopic (exact) mass is 665 g/mol. The smallest absolute Gasteiger partial charge is 0.300 e. The molecule has 0 aliphatic carbocycles. The molecule has 4 N–H and O–H groups in total. The molecule has 2 fully saturated rings. The fourth-order valence-electron chi connectivity index (χ4n) is 5.45. The lowest BCUT2D eigenvalue weighted by molar-refractivity contribution is -0.129. The van der Waals surface area contributed by atoms with Gasteiger partial charge in [-0.2, -0.15) is 0 Å². The lowest BCUT2D eigenvalue weighted by Gasteiger charge is -2.53. The van der Waals surface area contributed by atoms with Gasteiger partial charge in [0.15, 0.2) is 11.5 Å². The van der Waals surface area contributed by atoms with Crippen LogP contribution in [0.2, 0.25) is 0 Å². The van der Waals surface area contributed by atoms with Crippen molar-refractivity contribution in [3.8, 4) is 11.5 Å². The molecule has 0 saturated carbocycles. The number of carbonyl (C=O) groups excluding carboxylic acids is 2. The number of rotatable bonds is 5. The molecule has 6 heterocycles. The number of fused-ring (bicyclic) bond motifs is 3. The normalized spacial score (nSPS) is 19.6. The van der Waals surface area contributed by atoms with Crippen molar-refractivity contribution >= 4 is 47.9 Å². The van der Waals surface area contributed by atoms with Crippen LogP contribution in [0.25, 0.3) is 11.5 Å². The molecule has 2 aromatic rings. The van der Waals surface area contributed by atoms with E-state index in [2.05, 4.69) is 15.4 Å². The minimum absolute atomic E-state index is 0.0410. The predicted molar refractivity (Wildman–Crippen MR) is 153 cm³/mol. The first-order valence-corrected chi connectivity index (χ1v) is 15.0. The molecule has 0 radical (unpaired) electrons. The van der Waals surface area contributed by atoms with Crippen LogP contribution in [0.3, 0.4) is 0 Å². The van der Waals surface area contributed by atoms with E-state index >= 15 is 0 Å². The van der Waals surface area contributed by atoms with Crippen LogP contribution in [0.1, 0.15) is 35.9 Å². The van der Waals surface area contributed by atoms with Gasteiger partial charge in [0, 0.05) is 74.4 Å². The fraction of sp³-hybridized carbons (Fsp3) is 0.423. The van der Waals surface area contributed by atoms with Crippen LogP contribution in [0.5, 0.6) is 0 Å². The summed E-state index contributed by atoms with van der Waals surface area (Å²) in [6.45, 7) is 5.62. The molecule has 2 amide bonds. The highest BCUT2D eigenvalue weighted by atomic mass is 127. The largest absolute Gasteiger partial charge is 0.449 e.